The van der Waals surface area contributed by atoms with Gasteiger partial charge in [-0.05, 0) is 42.2 Å². The Morgan fingerprint density at radius 3 is 2.10 bits per heavy atom. The molecular weight excluding hydrogens is 293 g/mol. The van der Waals surface area contributed by atoms with E-state index in [1.54, 1.807) is 18.2 Å². The molecule has 102 valence electrons. The third kappa shape index (κ3) is 2.82. The number of carbonyl (C=O) groups excluding carboxylic acids is 1. The molecule has 0 aromatic heterocycles. The van der Waals surface area contributed by atoms with Gasteiger partial charge in [-0.15, -0.1) is 0 Å². The highest BCUT2D eigenvalue weighted by Gasteiger charge is 2.22. The maximum atomic E-state index is 12.2. The third-order valence-electron chi connectivity index (χ3n) is 3.51. The largest absolute Gasteiger partial charge is 0.349 e. The molecule has 0 heterocycles. The van der Waals surface area contributed by atoms with E-state index in [0.717, 1.165) is 12.8 Å². The van der Waals surface area contributed by atoms with Crippen LogP contribution in [-0.4, -0.2) is 11.9 Å². The number of hydrogen-bond acceptors (Lipinski definition) is 1. The Bertz CT molecular complexity index is 624. The second kappa shape index (κ2) is 5.47. The number of benzene rings is 2. The molecule has 4 heteroatoms. The average Bonchev–Trinajstić information content (AvgIpc) is 2.79. The molecule has 1 aliphatic rings. The van der Waals surface area contributed by atoms with Gasteiger partial charge in [0, 0.05) is 21.7 Å². The predicted molar refractivity (Wildman–Crippen MR) is 81.6 cm³/mol. The molecule has 0 aliphatic heterocycles. The van der Waals surface area contributed by atoms with E-state index in [1.165, 1.54) is 11.1 Å². The molecule has 2 aromatic rings. The molecule has 3 rings (SSSR count). The average molecular weight is 306 g/mol. The lowest BCUT2D eigenvalue weighted by Crippen LogP contribution is -2.35. The summed E-state index contributed by atoms with van der Waals surface area (Å²) in [5, 5.41) is 3.98. The van der Waals surface area contributed by atoms with Gasteiger partial charge in [0.1, 0.15) is 0 Å². The van der Waals surface area contributed by atoms with E-state index >= 15 is 0 Å². The van der Waals surface area contributed by atoms with Crippen LogP contribution >= 0.6 is 23.2 Å². The Morgan fingerprint density at radius 2 is 1.55 bits per heavy atom. The number of hydrogen-bond donors (Lipinski definition) is 1. The zero-order valence-electron chi connectivity index (χ0n) is 10.7. The van der Waals surface area contributed by atoms with Crippen LogP contribution in [0.3, 0.4) is 0 Å². The van der Waals surface area contributed by atoms with Crippen molar-refractivity contribution < 1.29 is 4.79 Å². The Balaban J connectivity index is 1.72. The van der Waals surface area contributed by atoms with Crippen LogP contribution in [0.5, 0.6) is 0 Å². The third-order valence-corrected chi connectivity index (χ3v) is 3.95. The molecule has 1 aliphatic carbocycles. The molecule has 0 atom stereocenters. The highest BCUT2D eigenvalue weighted by Crippen LogP contribution is 2.23. The van der Waals surface area contributed by atoms with Crippen LogP contribution in [0.25, 0.3) is 0 Å². The van der Waals surface area contributed by atoms with E-state index in [4.69, 9.17) is 23.2 Å². The zero-order chi connectivity index (χ0) is 14.1. The molecule has 0 saturated carbocycles. The van der Waals surface area contributed by atoms with Crippen molar-refractivity contribution in [2.24, 2.45) is 0 Å². The SMILES string of the molecule is O=C(NC1Cc2ccccc2C1)c1cc(Cl)cc(Cl)c1. The summed E-state index contributed by atoms with van der Waals surface area (Å²) in [4.78, 5) is 12.2. The Hall–Kier alpha value is -1.51. The van der Waals surface area contributed by atoms with Crippen LogP contribution in [0.15, 0.2) is 42.5 Å². The summed E-state index contributed by atoms with van der Waals surface area (Å²) in [5.41, 5.74) is 3.11. The van der Waals surface area contributed by atoms with Gasteiger partial charge in [0.25, 0.3) is 5.91 Å². The van der Waals surface area contributed by atoms with E-state index in [-0.39, 0.29) is 11.9 Å². The van der Waals surface area contributed by atoms with E-state index in [9.17, 15) is 4.79 Å². The summed E-state index contributed by atoms with van der Waals surface area (Å²) >= 11 is 11.8. The van der Waals surface area contributed by atoms with Crippen LogP contribution in [0.2, 0.25) is 10.0 Å². The highest BCUT2D eigenvalue weighted by atomic mass is 35.5. The van der Waals surface area contributed by atoms with E-state index in [0.29, 0.717) is 15.6 Å². The summed E-state index contributed by atoms with van der Waals surface area (Å²) in [5.74, 6) is -0.132. The first kappa shape index (κ1) is 13.5. The van der Waals surface area contributed by atoms with Gasteiger partial charge in [0.15, 0.2) is 0 Å². The Morgan fingerprint density at radius 1 is 1.00 bits per heavy atom. The van der Waals surface area contributed by atoms with Crippen molar-refractivity contribution in [2.75, 3.05) is 0 Å². The molecule has 1 N–H and O–H groups in total. The van der Waals surface area contributed by atoms with Gasteiger partial charge in [-0.25, -0.2) is 0 Å². The van der Waals surface area contributed by atoms with Crippen LogP contribution in [0, 0.1) is 0 Å². The maximum absolute atomic E-state index is 12.2. The van der Waals surface area contributed by atoms with Gasteiger partial charge in [-0.2, -0.15) is 0 Å². The monoisotopic (exact) mass is 305 g/mol. The van der Waals surface area contributed by atoms with Crippen molar-refractivity contribution in [3.8, 4) is 0 Å². The van der Waals surface area contributed by atoms with Gasteiger partial charge < -0.3 is 5.32 Å². The number of fused-ring (bicyclic) bond motifs is 1. The minimum absolute atomic E-state index is 0.132. The van der Waals surface area contributed by atoms with Crippen LogP contribution in [0.4, 0.5) is 0 Å². The molecule has 0 radical (unpaired) electrons. The minimum Gasteiger partial charge on any atom is -0.349 e. The molecular formula is C16H13Cl2NO. The van der Waals surface area contributed by atoms with Gasteiger partial charge >= 0.3 is 0 Å². The smallest absolute Gasteiger partial charge is 0.251 e. The van der Waals surface area contributed by atoms with Crippen molar-refractivity contribution >= 4 is 29.1 Å². The lowest BCUT2D eigenvalue weighted by atomic mass is 10.1. The van der Waals surface area contributed by atoms with Crippen molar-refractivity contribution in [2.45, 2.75) is 18.9 Å². The van der Waals surface area contributed by atoms with Crippen molar-refractivity contribution in [3.05, 3.63) is 69.2 Å². The van der Waals surface area contributed by atoms with Gasteiger partial charge in [0.2, 0.25) is 0 Å². The molecule has 0 bridgehead atoms. The molecule has 20 heavy (non-hydrogen) atoms. The fraction of sp³-hybridized carbons (Fsp3) is 0.188. The first-order valence-corrected chi connectivity index (χ1v) is 7.21. The Kier molecular flexibility index (Phi) is 3.68. The number of rotatable bonds is 2. The number of nitrogens with one attached hydrogen (secondary N) is 1. The van der Waals surface area contributed by atoms with E-state index in [1.807, 2.05) is 12.1 Å². The number of carbonyl (C=O) groups is 1. The molecule has 0 unspecified atom stereocenters. The second-order valence-corrected chi connectivity index (χ2v) is 5.88. The van der Waals surface area contributed by atoms with Crippen molar-refractivity contribution in [1.82, 2.24) is 5.32 Å². The Labute approximate surface area is 127 Å². The number of halogens is 2. The lowest BCUT2D eigenvalue weighted by Gasteiger charge is -2.12. The topological polar surface area (TPSA) is 29.1 Å². The van der Waals surface area contributed by atoms with E-state index in [2.05, 4.69) is 17.4 Å². The van der Waals surface area contributed by atoms with Crippen LogP contribution in [-0.2, 0) is 12.8 Å². The maximum Gasteiger partial charge on any atom is 0.251 e. The summed E-state index contributed by atoms with van der Waals surface area (Å²) < 4.78 is 0. The fourth-order valence-corrected chi connectivity index (χ4v) is 3.14. The number of amides is 1. The van der Waals surface area contributed by atoms with Gasteiger partial charge in [-0.1, -0.05) is 47.5 Å². The molecule has 0 saturated heterocycles. The fourth-order valence-electron chi connectivity index (χ4n) is 2.61. The van der Waals surface area contributed by atoms with Crippen molar-refractivity contribution in [1.29, 1.82) is 0 Å². The molecule has 0 fully saturated rings. The summed E-state index contributed by atoms with van der Waals surface area (Å²) in [7, 11) is 0. The predicted octanol–water partition coefficient (Wildman–Crippen LogP) is 3.89. The molecule has 2 nitrogen and oxygen atoms in total. The quantitative estimate of drug-likeness (QED) is 0.896. The van der Waals surface area contributed by atoms with Crippen LogP contribution < -0.4 is 5.32 Å². The standard InChI is InChI=1S/C16H13Cl2NO/c17-13-5-12(6-14(18)9-13)16(20)19-15-7-10-3-1-2-4-11(10)8-15/h1-6,9,15H,7-8H2,(H,19,20). The second-order valence-electron chi connectivity index (χ2n) is 5.01. The van der Waals surface area contributed by atoms with Gasteiger partial charge in [0.05, 0.1) is 0 Å². The summed E-state index contributed by atoms with van der Waals surface area (Å²) in [6.07, 6.45) is 1.74. The van der Waals surface area contributed by atoms with Gasteiger partial charge in [-0.3, -0.25) is 4.79 Å². The normalized spacial score (nSPS) is 14.1. The molecule has 1 amide bonds. The molecule has 2 aromatic carbocycles. The van der Waals surface area contributed by atoms with E-state index < -0.39 is 0 Å². The zero-order valence-corrected chi connectivity index (χ0v) is 12.2. The van der Waals surface area contributed by atoms with Crippen LogP contribution in [0.1, 0.15) is 21.5 Å². The first-order chi connectivity index (χ1) is 9.61. The first-order valence-electron chi connectivity index (χ1n) is 6.45. The molecule has 0 spiro atoms. The highest BCUT2D eigenvalue weighted by molar-refractivity contribution is 6.35. The lowest BCUT2D eigenvalue weighted by molar-refractivity contribution is 0.0938. The van der Waals surface area contributed by atoms with Crippen molar-refractivity contribution in [3.63, 3.8) is 0 Å². The minimum atomic E-state index is -0.132. The summed E-state index contributed by atoms with van der Waals surface area (Å²) in [6, 6.07) is 13.3. The summed E-state index contributed by atoms with van der Waals surface area (Å²) in [6.45, 7) is 0.